The summed E-state index contributed by atoms with van der Waals surface area (Å²) in [6.07, 6.45) is 5.06. The highest BCUT2D eigenvalue weighted by Crippen LogP contribution is 2.48. The van der Waals surface area contributed by atoms with E-state index in [-0.39, 0.29) is 23.8 Å². The Bertz CT molecular complexity index is 619. The molecule has 1 amide bonds. The third-order valence-electron chi connectivity index (χ3n) is 4.90. The molecule has 2 fully saturated rings. The van der Waals surface area contributed by atoms with Crippen molar-refractivity contribution < 1.29 is 13.2 Å². The Balaban J connectivity index is 1.92. The van der Waals surface area contributed by atoms with Gasteiger partial charge in [-0.2, -0.15) is 4.31 Å². The molecular formula is C14H20N2O3S2. The van der Waals surface area contributed by atoms with Crippen molar-refractivity contribution in [2.24, 2.45) is 17.1 Å². The van der Waals surface area contributed by atoms with Crippen molar-refractivity contribution in [2.45, 2.75) is 36.3 Å². The number of sulfonamides is 1. The average Bonchev–Trinajstić information content (AvgIpc) is 3.08. The Kier molecular flexibility index (Phi) is 3.83. The fourth-order valence-corrected chi connectivity index (χ4v) is 6.49. The van der Waals surface area contributed by atoms with E-state index in [4.69, 9.17) is 5.73 Å². The molecule has 0 unspecified atom stereocenters. The lowest BCUT2D eigenvalue weighted by molar-refractivity contribution is -0.125. The number of hydrogen-bond donors (Lipinski definition) is 1. The van der Waals surface area contributed by atoms with E-state index in [9.17, 15) is 13.2 Å². The van der Waals surface area contributed by atoms with Crippen LogP contribution in [0, 0.1) is 11.3 Å². The van der Waals surface area contributed by atoms with Crippen molar-refractivity contribution in [1.29, 1.82) is 0 Å². The SMILES string of the molecule is NC(=O)[C@H]1CN(S(=O)(=O)c2cccs2)CC12CCCCC2. The number of primary amides is 1. The molecule has 0 radical (unpaired) electrons. The molecule has 7 heteroatoms. The van der Waals surface area contributed by atoms with Gasteiger partial charge in [0, 0.05) is 13.1 Å². The Morgan fingerprint density at radius 1 is 1.33 bits per heavy atom. The van der Waals surface area contributed by atoms with E-state index < -0.39 is 10.0 Å². The quantitative estimate of drug-likeness (QED) is 0.919. The normalized spacial score (nSPS) is 26.2. The Morgan fingerprint density at radius 3 is 2.62 bits per heavy atom. The zero-order chi connectivity index (χ0) is 15.1. The molecule has 1 aromatic heterocycles. The highest BCUT2D eigenvalue weighted by Gasteiger charge is 2.52. The second-order valence-electron chi connectivity index (χ2n) is 6.11. The summed E-state index contributed by atoms with van der Waals surface area (Å²) in [7, 11) is -3.49. The average molecular weight is 328 g/mol. The summed E-state index contributed by atoms with van der Waals surface area (Å²) in [5, 5.41) is 1.75. The third kappa shape index (κ3) is 2.51. The minimum atomic E-state index is -3.49. The van der Waals surface area contributed by atoms with Crippen LogP contribution in [0.5, 0.6) is 0 Å². The Hall–Kier alpha value is -0.920. The summed E-state index contributed by atoms with van der Waals surface area (Å²) in [5.74, 6) is -0.715. The molecule has 2 N–H and O–H groups in total. The highest BCUT2D eigenvalue weighted by atomic mass is 32.2. The summed E-state index contributed by atoms with van der Waals surface area (Å²) in [5.41, 5.74) is 5.33. The zero-order valence-corrected chi connectivity index (χ0v) is 13.5. The summed E-state index contributed by atoms with van der Waals surface area (Å²) < 4.78 is 27.2. The number of carbonyl (C=O) groups is 1. The second-order valence-corrected chi connectivity index (χ2v) is 9.22. The van der Waals surface area contributed by atoms with Gasteiger partial charge < -0.3 is 5.73 Å². The van der Waals surface area contributed by atoms with Gasteiger partial charge in [-0.3, -0.25) is 4.79 Å². The Morgan fingerprint density at radius 2 is 2.05 bits per heavy atom. The predicted molar refractivity (Wildman–Crippen MR) is 81.3 cm³/mol. The lowest BCUT2D eigenvalue weighted by Gasteiger charge is -2.36. The van der Waals surface area contributed by atoms with Crippen LogP contribution < -0.4 is 5.73 Å². The molecule has 1 aliphatic carbocycles. The number of thiophene rings is 1. The van der Waals surface area contributed by atoms with Gasteiger partial charge in [-0.25, -0.2) is 8.42 Å². The number of hydrogen-bond acceptors (Lipinski definition) is 4. The van der Waals surface area contributed by atoms with E-state index in [1.165, 1.54) is 15.6 Å². The topological polar surface area (TPSA) is 80.5 Å². The summed E-state index contributed by atoms with van der Waals surface area (Å²) in [6, 6.07) is 3.35. The molecule has 0 bridgehead atoms. The maximum Gasteiger partial charge on any atom is 0.252 e. The fourth-order valence-electron chi connectivity index (χ4n) is 3.80. The van der Waals surface area contributed by atoms with E-state index in [0.717, 1.165) is 32.1 Å². The molecule has 0 aromatic carbocycles. The van der Waals surface area contributed by atoms with Crippen LogP contribution in [-0.2, 0) is 14.8 Å². The molecule has 116 valence electrons. The number of nitrogens with zero attached hydrogens (tertiary/aromatic N) is 1. The van der Waals surface area contributed by atoms with Crippen molar-refractivity contribution in [3.05, 3.63) is 17.5 Å². The first-order valence-corrected chi connectivity index (χ1v) is 9.61. The third-order valence-corrected chi connectivity index (χ3v) is 8.08. The summed E-state index contributed by atoms with van der Waals surface area (Å²) in [6.45, 7) is 0.663. The number of rotatable bonds is 3. The van der Waals surface area contributed by atoms with Crippen LogP contribution in [0.1, 0.15) is 32.1 Å². The van der Waals surface area contributed by atoms with Crippen LogP contribution in [0.2, 0.25) is 0 Å². The molecule has 2 heterocycles. The number of amides is 1. The van der Waals surface area contributed by atoms with Crippen molar-refractivity contribution in [3.63, 3.8) is 0 Å². The first kappa shape index (κ1) is 15.0. The smallest absolute Gasteiger partial charge is 0.252 e. The highest BCUT2D eigenvalue weighted by molar-refractivity contribution is 7.91. The van der Waals surface area contributed by atoms with Crippen molar-refractivity contribution >= 4 is 27.3 Å². The minimum Gasteiger partial charge on any atom is -0.369 e. The van der Waals surface area contributed by atoms with Gasteiger partial charge in [-0.1, -0.05) is 25.3 Å². The van der Waals surface area contributed by atoms with Crippen molar-refractivity contribution in [1.82, 2.24) is 4.31 Å². The van der Waals surface area contributed by atoms with Gasteiger partial charge in [0.25, 0.3) is 10.0 Å². The molecule has 1 saturated carbocycles. The van der Waals surface area contributed by atoms with E-state index in [1.807, 2.05) is 0 Å². The van der Waals surface area contributed by atoms with E-state index in [1.54, 1.807) is 17.5 Å². The Labute approximate surface area is 129 Å². The van der Waals surface area contributed by atoms with E-state index in [2.05, 4.69) is 0 Å². The summed E-state index contributed by atoms with van der Waals surface area (Å²) in [4.78, 5) is 11.8. The van der Waals surface area contributed by atoms with Crippen LogP contribution in [0.25, 0.3) is 0 Å². The van der Waals surface area contributed by atoms with Crippen LogP contribution >= 0.6 is 11.3 Å². The van der Waals surface area contributed by atoms with Crippen LogP contribution in [0.4, 0.5) is 0 Å². The van der Waals surface area contributed by atoms with Gasteiger partial charge in [0.15, 0.2) is 0 Å². The van der Waals surface area contributed by atoms with Gasteiger partial charge in [0.2, 0.25) is 5.91 Å². The maximum absolute atomic E-state index is 12.7. The fraction of sp³-hybridized carbons (Fsp3) is 0.643. The largest absolute Gasteiger partial charge is 0.369 e. The van der Waals surface area contributed by atoms with E-state index >= 15 is 0 Å². The molecule has 3 rings (SSSR count). The first-order chi connectivity index (χ1) is 9.96. The zero-order valence-electron chi connectivity index (χ0n) is 11.8. The molecule has 1 saturated heterocycles. The van der Waals surface area contributed by atoms with E-state index in [0.29, 0.717) is 10.8 Å². The number of carbonyl (C=O) groups excluding carboxylic acids is 1. The van der Waals surface area contributed by atoms with Gasteiger partial charge in [-0.05, 0) is 29.7 Å². The summed E-state index contributed by atoms with van der Waals surface area (Å²) >= 11 is 1.22. The van der Waals surface area contributed by atoms with Gasteiger partial charge >= 0.3 is 0 Å². The molecule has 1 aliphatic heterocycles. The maximum atomic E-state index is 12.7. The lowest BCUT2D eigenvalue weighted by Crippen LogP contribution is -2.40. The first-order valence-electron chi connectivity index (χ1n) is 7.29. The molecule has 2 aliphatic rings. The molecule has 1 spiro atoms. The van der Waals surface area contributed by atoms with Crippen LogP contribution in [0.3, 0.4) is 0 Å². The molecular weight excluding hydrogens is 308 g/mol. The van der Waals surface area contributed by atoms with Gasteiger partial charge in [0.05, 0.1) is 5.92 Å². The monoisotopic (exact) mass is 328 g/mol. The molecule has 21 heavy (non-hydrogen) atoms. The molecule has 1 atom stereocenters. The van der Waals surface area contributed by atoms with Crippen LogP contribution in [0.15, 0.2) is 21.7 Å². The molecule has 5 nitrogen and oxygen atoms in total. The molecule has 1 aromatic rings. The predicted octanol–water partition coefficient (Wildman–Crippen LogP) is 1.80. The standard InChI is InChI=1S/C14H20N2O3S2/c15-13(17)11-9-16(10-14(11)6-2-1-3-7-14)21(18,19)12-5-4-8-20-12/h4-5,8,11H,1-3,6-7,9-10H2,(H2,15,17)/t11-/m1/s1. The van der Waals surface area contributed by atoms with Crippen LogP contribution in [-0.4, -0.2) is 31.7 Å². The number of nitrogens with two attached hydrogens (primary N) is 1. The van der Waals surface area contributed by atoms with Crippen molar-refractivity contribution in [3.8, 4) is 0 Å². The van der Waals surface area contributed by atoms with Gasteiger partial charge in [0.1, 0.15) is 4.21 Å². The van der Waals surface area contributed by atoms with Crippen molar-refractivity contribution in [2.75, 3.05) is 13.1 Å². The van der Waals surface area contributed by atoms with Gasteiger partial charge in [-0.15, -0.1) is 11.3 Å². The second kappa shape index (κ2) is 5.37. The minimum absolute atomic E-state index is 0.232. The lowest BCUT2D eigenvalue weighted by atomic mass is 9.67.